The van der Waals surface area contributed by atoms with Crippen molar-refractivity contribution in [1.82, 2.24) is 0 Å². The van der Waals surface area contributed by atoms with Crippen molar-refractivity contribution in [2.24, 2.45) is 23.7 Å². The maximum Gasteiger partial charge on any atom is 0.308 e. The number of aliphatic hydroxyl groups excluding tert-OH is 2. The maximum absolute atomic E-state index is 12.9. The van der Waals surface area contributed by atoms with Gasteiger partial charge in [-0.05, 0) is 43.6 Å². The first-order valence-electron chi connectivity index (χ1n) is 12.8. The highest BCUT2D eigenvalue weighted by Crippen LogP contribution is 2.46. The van der Waals surface area contributed by atoms with Gasteiger partial charge in [-0.1, -0.05) is 57.8 Å². The molecule has 8 atom stereocenters. The van der Waals surface area contributed by atoms with Crippen molar-refractivity contribution in [2.45, 2.75) is 110 Å². The van der Waals surface area contributed by atoms with Gasteiger partial charge in [0.1, 0.15) is 12.2 Å². The molecule has 0 bridgehead atoms. The predicted octanol–water partition coefficient (Wildman–Crippen LogP) is 4.48. The SMILES string of the molecule is CCCCCC(C)C(=O)OC1CC(C)=CC2=CC(O)C(C)[C@H](CCC3CC(O)CC(=O)O3)C21. The number of hydrogen-bond acceptors (Lipinski definition) is 6. The van der Waals surface area contributed by atoms with Crippen molar-refractivity contribution in [3.63, 3.8) is 0 Å². The summed E-state index contributed by atoms with van der Waals surface area (Å²) in [6, 6.07) is 0. The Kier molecular flexibility index (Phi) is 9.17. The van der Waals surface area contributed by atoms with E-state index in [0.29, 0.717) is 19.3 Å². The number of cyclic esters (lactones) is 1. The highest BCUT2D eigenvalue weighted by atomic mass is 16.5. The minimum absolute atomic E-state index is 0.00190. The van der Waals surface area contributed by atoms with Crippen molar-refractivity contribution in [2.75, 3.05) is 0 Å². The number of aliphatic hydroxyl groups is 2. The molecule has 0 saturated carbocycles. The van der Waals surface area contributed by atoms with Crippen LogP contribution < -0.4 is 0 Å². The molecule has 0 spiro atoms. The quantitative estimate of drug-likeness (QED) is 0.388. The lowest BCUT2D eigenvalue weighted by Gasteiger charge is -2.45. The average molecular weight is 463 g/mol. The summed E-state index contributed by atoms with van der Waals surface area (Å²) >= 11 is 0. The summed E-state index contributed by atoms with van der Waals surface area (Å²) in [7, 11) is 0. The van der Waals surface area contributed by atoms with Crippen LogP contribution in [0.3, 0.4) is 0 Å². The van der Waals surface area contributed by atoms with Crippen LogP contribution >= 0.6 is 0 Å². The summed E-state index contributed by atoms with van der Waals surface area (Å²) in [6.45, 7) is 8.20. The number of carbonyl (C=O) groups is 2. The lowest BCUT2D eigenvalue weighted by atomic mass is 9.64. The molecule has 0 amide bonds. The molecule has 0 aromatic heterocycles. The second-order valence-corrected chi connectivity index (χ2v) is 10.6. The average Bonchev–Trinajstić information content (AvgIpc) is 2.73. The first kappa shape index (κ1) is 26.0. The summed E-state index contributed by atoms with van der Waals surface area (Å²) in [4.78, 5) is 24.7. The number of fused-ring (bicyclic) bond motifs is 1. The van der Waals surface area contributed by atoms with Gasteiger partial charge in [-0.25, -0.2) is 0 Å². The Hall–Kier alpha value is -1.66. The molecular weight excluding hydrogens is 420 g/mol. The van der Waals surface area contributed by atoms with E-state index in [9.17, 15) is 19.8 Å². The zero-order valence-corrected chi connectivity index (χ0v) is 20.7. The zero-order valence-electron chi connectivity index (χ0n) is 20.7. The number of esters is 2. The molecule has 1 aliphatic heterocycles. The summed E-state index contributed by atoms with van der Waals surface area (Å²) in [5.74, 6) is -0.497. The van der Waals surface area contributed by atoms with Crippen molar-refractivity contribution in [3.8, 4) is 0 Å². The minimum Gasteiger partial charge on any atom is -0.462 e. The van der Waals surface area contributed by atoms with Gasteiger partial charge < -0.3 is 19.7 Å². The largest absolute Gasteiger partial charge is 0.462 e. The molecule has 0 aromatic rings. The Labute approximate surface area is 198 Å². The van der Waals surface area contributed by atoms with Crippen LogP contribution in [-0.4, -0.2) is 46.6 Å². The number of carbonyl (C=O) groups excluding carboxylic acids is 2. The molecule has 2 aliphatic carbocycles. The molecule has 0 aromatic carbocycles. The number of unbranched alkanes of at least 4 members (excludes halogenated alkanes) is 2. The van der Waals surface area contributed by atoms with Gasteiger partial charge in [0, 0.05) is 18.8 Å². The molecule has 0 radical (unpaired) electrons. The Morgan fingerprint density at radius 2 is 2.00 bits per heavy atom. The third-order valence-corrected chi connectivity index (χ3v) is 7.73. The van der Waals surface area contributed by atoms with Gasteiger partial charge in [0.25, 0.3) is 0 Å². The number of ether oxygens (including phenoxy) is 2. The molecule has 1 fully saturated rings. The zero-order chi connectivity index (χ0) is 24.1. The molecule has 6 heteroatoms. The monoisotopic (exact) mass is 462 g/mol. The molecule has 1 saturated heterocycles. The number of allylic oxidation sites excluding steroid dienone is 1. The van der Waals surface area contributed by atoms with Crippen LogP contribution in [0.15, 0.2) is 23.3 Å². The molecule has 3 rings (SSSR count). The fourth-order valence-corrected chi connectivity index (χ4v) is 5.77. The van der Waals surface area contributed by atoms with Crippen LogP contribution in [0.5, 0.6) is 0 Å². The van der Waals surface area contributed by atoms with E-state index in [4.69, 9.17) is 9.47 Å². The van der Waals surface area contributed by atoms with Gasteiger partial charge in [0.2, 0.25) is 0 Å². The van der Waals surface area contributed by atoms with Gasteiger partial charge >= 0.3 is 11.9 Å². The number of rotatable bonds is 9. The van der Waals surface area contributed by atoms with Gasteiger partial charge in [0.15, 0.2) is 0 Å². The summed E-state index contributed by atoms with van der Waals surface area (Å²) in [5.41, 5.74) is 2.20. The van der Waals surface area contributed by atoms with Crippen LogP contribution in [0.25, 0.3) is 0 Å². The van der Waals surface area contributed by atoms with Gasteiger partial charge in [-0.2, -0.15) is 0 Å². The third-order valence-electron chi connectivity index (χ3n) is 7.73. The normalized spacial score (nSPS) is 35.1. The van der Waals surface area contributed by atoms with Crippen LogP contribution in [-0.2, 0) is 19.1 Å². The van der Waals surface area contributed by atoms with Gasteiger partial charge in [-0.15, -0.1) is 0 Å². The molecule has 7 unspecified atom stereocenters. The summed E-state index contributed by atoms with van der Waals surface area (Å²) in [6.07, 6.45) is 8.98. The Balaban J connectivity index is 1.73. The van der Waals surface area contributed by atoms with Gasteiger partial charge in [0.05, 0.1) is 24.5 Å². The van der Waals surface area contributed by atoms with Crippen molar-refractivity contribution in [1.29, 1.82) is 0 Å². The molecule has 3 aliphatic rings. The van der Waals surface area contributed by atoms with Crippen LogP contribution in [0.2, 0.25) is 0 Å². The topological polar surface area (TPSA) is 93.1 Å². The van der Waals surface area contributed by atoms with Crippen LogP contribution in [0.4, 0.5) is 0 Å². The fourth-order valence-electron chi connectivity index (χ4n) is 5.77. The Morgan fingerprint density at radius 1 is 1.24 bits per heavy atom. The Morgan fingerprint density at radius 3 is 2.70 bits per heavy atom. The summed E-state index contributed by atoms with van der Waals surface area (Å²) < 4.78 is 11.6. The highest BCUT2D eigenvalue weighted by Gasteiger charge is 2.44. The second-order valence-electron chi connectivity index (χ2n) is 10.6. The van der Waals surface area contributed by atoms with Gasteiger partial charge in [-0.3, -0.25) is 9.59 Å². The van der Waals surface area contributed by atoms with E-state index >= 15 is 0 Å². The molecular formula is C27H42O6. The maximum atomic E-state index is 12.9. The molecule has 2 N–H and O–H groups in total. The first-order valence-corrected chi connectivity index (χ1v) is 12.8. The predicted molar refractivity (Wildman–Crippen MR) is 126 cm³/mol. The van der Waals surface area contributed by atoms with E-state index in [1.807, 2.05) is 26.8 Å². The van der Waals surface area contributed by atoms with E-state index < -0.39 is 12.2 Å². The smallest absolute Gasteiger partial charge is 0.308 e. The second kappa shape index (κ2) is 11.7. The van der Waals surface area contributed by atoms with Crippen LogP contribution in [0.1, 0.15) is 85.5 Å². The minimum atomic E-state index is -0.649. The standard InChI is InChI=1S/C27H42O6/c1-5-6-7-8-17(3)27(31)33-24-12-16(2)11-19-13-23(29)18(4)22(26(19)24)10-9-21-14-20(28)15-25(30)32-21/h11,13,17-18,20-24,26,28-29H,5-10,12,14-15H2,1-4H3/t17?,18?,20?,21?,22-,23?,24?,26?/m0/s1. The highest BCUT2D eigenvalue weighted by molar-refractivity contribution is 5.72. The lowest BCUT2D eigenvalue weighted by Crippen LogP contribution is -2.45. The molecule has 186 valence electrons. The lowest BCUT2D eigenvalue weighted by molar-refractivity contribution is -0.162. The summed E-state index contributed by atoms with van der Waals surface area (Å²) in [5, 5.41) is 20.7. The third kappa shape index (κ3) is 6.69. The Bertz CT molecular complexity index is 756. The molecule has 33 heavy (non-hydrogen) atoms. The van der Waals surface area contributed by atoms with Crippen molar-refractivity contribution in [3.05, 3.63) is 23.3 Å². The van der Waals surface area contributed by atoms with Crippen molar-refractivity contribution < 1.29 is 29.3 Å². The van der Waals surface area contributed by atoms with E-state index in [2.05, 4.69) is 13.0 Å². The molecule has 6 nitrogen and oxygen atoms in total. The molecule has 1 heterocycles. The van der Waals surface area contributed by atoms with E-state index in [1.165, 1.54) is 0 Å². The van der Waals surface area contributed by atoms with E-state index in [0.717, 1.165) is 43.3 Å². The fraction of sp³-hybridized carbons (Fsp3) is 0.778. The number of hydrogen-bond donors (Lipinski definition) is 2. The van der Waals surface area contributed by atoms with Crippen molar-refractivity contribution >= 4 is 11.9 Å². The van der Waals surface area contributed by atoms with Crippen LogP contribution in [0, 0.1) is 23.7 Å². The van der Waals surface area contributed by atoms with E-state index in [-0.39, 0.29) is 54.2 Å². The van der Waals surface area contributed by atoms with E-state index in [1.54, 1.807) is 0 Å². The first-order chi connectivity index (χ1) is 15.7.